The summed E-state index contributed by atoms with van der Waals surface area (Å²) in [6.07, 6.45) is -2.77. The van der Waals surface area contributed by atoms with Crippen molar-refractivity contribution in [2.24, 2.45) is 0 Å². The normalized spacial score (nSPS) is 18.3. The molecule has 1 atom stereocenters. The summed E-state index contributed by atoms with van der Waals surface area (Å²) in [6.45, 7) is 0. The maximum Gasteiger partial charge on any atom is 0.416 e. The second-order valence-corrected chi connectivity index (χ2v) is 6.76. The predicted molar refractivity (Wildman–Crippen MR) is 90.2 cm³/mol. The number of anilines is 1. The van der Waals surface area contributed by atoms with Gasteiger partial charge in [0.15, 0.2) is 0 Å². The lowest BCUT2D eigenvalue weighted by atomic mass is 10.1. The summed E-state index contributed by atoms with van der Waals surface area (Å²) >= 11 is 1.32. The Morgan fingerprint density at radius 3 is 2.84 bits per heavy atom. The van der Waals surface area contributed by atoms with Crippen LogP contribution < -0.4 is 4.90 Å². The van der Waals surface area contributed by atoms with Crippen molar-refractivity contribution in [1.82, 2.24) is 10.2 Å². The smallest absolute Gasteiger partial charge is 0.295 e. The SMILES string of the molecule is O=C1CSC(c2cccc(C(F)(F)F)c2)N1c1ccc2[nH]ncc2c1. The number of thioether (sulfide) groups is 1. The highest BCUT2D eigenvalue weighted by molar-refractivity contribution is 8.00. The third kappa shape index (κ3) is 2.86. The minimum absolute atomic E-state index is 0.129. The Bertz CT molecular complexity index is 953. The number of alkyl halides is 3. The van der Waals surface area contributed by atoms with E-state index in [0.29, 0.717) is 11.3 Å². The summed E-state index contributed by atoms with van der Waals surface area (Å²) in [6, 6.07) is 10.5. The van der Waals surface area contributed by atoms with Crippen LogP contribution in [0.15, 0.2) is 48.7 Å². The van der Waals surface area contributed by atoms with Gasteiger partial charge in [0.2, 0.25) is 5.91 Å². The number of benzene rings is 2. The van der Waals surface area contributed by atoms with Crippen LogP contribution in [0.2, 0.25) is 0 Å². The molecule has 1 aromatic heterocycles. The van der Waals surface area contributed by atoms with Crippen molar-refractivity contribution >= 4 is 34.3 Å². The second-order valence-electron chi connectivity index (χ2n) is 5.69. The minimum atomic E-state index is -4.41. The quantitative estimate of drug-likeness (QED) is 0.736. The van der Waals surface area contributed by atoms with Gasteiger partial charge in [0.05, 0.1) is 23.0 Å². The lowest BCUT2D eigenvalue weighted by Crippen LogP contribution is -2.27. The van der Waals surface area contributed by atoms with Crippen LogP contribution in [0.5, 0.6) is 0 Å². The highest BCUT2D eigenvalue weighted by Crippen LogP contribution is 2.43. The largest absolute Gasteiger partial charge is 0.416 e. The Balaban J connectivity index is 1.75. The summed E-state index contributed by atoms with van der Waals surface area (Å²) in [5.74, 6) is 0.0971. The molecule has 1 amide bonds. The van der Waals surface area contributed by atoms with E-state index in [1.54, 1.807) is 29.3 Å². The van der Waals surface area contributed by atoms with Crippen molar-refractivity contribution < 1.29 is 18.0 Å². The average molecular weight is 363 g/mol. The summed E-state index contributed by atoms with van der Waals surface area (Å²) < 4.78 is 39.0. The molecular formula is C17H12F3N3OS. The van der Waals surface area contributed by atoms with Crippen LogP contribution in [-0.2, 0) is 11.0 Å². The van der Waals surface area contributed by atoms with E-state index in [1.165, 1.54) is 17.8 Å². The van der Waals surface area contributed by atoms with Crippen molar-refractivity contribution in [3.8, 4) is 0 Å². The first-order valence-corrected chi connectivity index (χ1v) is 8.52. The number of halogens is 3. The van der Waals surface area contributed by atoms with E-state index in [1.807, 2.05) is 6.07 Å². The zero-order chi connectivity index (χ0) is 17.6. The topological polar surface area (TPSA) is 49.0 Å². The molecule has 1 aliphatic rings. The van der Waals surface area contributed by atoms with Gasteiger partial charge in [-0.15, -0.1) is 11.8 Å². The van der Waals surface area contributed by atoms with Crippen LogP contribution in [0.3, 0.4) is 0 Å². The molecule has 0 saturated carbocycles. The Morgan fingerprint density at radius 2 is 2.04 bits per heavy atom. The number of nitrogens with zero attached hydrogens (tertiary/aromatic N) is 2. The van der Waals surface area contributed by atoms with Crippen LogP contribution >= 0.6 is 11.8 Å². The summed E-state index contributed by atoms with van der Waals surface area (Å²) in [5, 5.41) is 7.13. The summed E-state index contributed by atoms with van der Waals surface area (Å²) in [5.41, 5.74) is 1.22. The number of carbonyl (C=O) groups is 1. The molecule has 0 spiro atoms. The van der Waals surface area contributed by atoms with Crippen molar-refractivity contribution in [3.63, 3.8) is 0 Å². The molecule has 4 nitrogen and oxygen atoms in total. The first-order chi connectivity index (χ1) is 11.9. The zero-order valence-corrected chi connectivity index (χ0v) is 13.6. The van der Waals surface area contributed by atoms with Crippen molar-refractivity contribution in [2.45, 2.75) is 11.6 Å². The number of hydrogen-bond acceptors (Lipinski definition) is 3. The molecule has 128 valence electrons. The van der Waals surface area contributed by atoms with E-state index in [0.717, 1.165) is 23.0 Å². The molecule has 3 aromatic rings. The second kappa shape index (κ2) is 5.80. The van der Waals surface area contributed by atoms with Gasteiger partial charge in [-0.1, -0.05) is 12.1 Å². The first-order valence-electron chi connectivity index (χ1n) is 7.47. The number of amides is 1. The third-order valence-electron chi connectivity index (χ3n) is 4.07. The first kappa shape index (κ1) is 16.0. The number of aromatic nitrogens is 2. The zero-order valence-electron chi connectivity index (χ0n) is 12.7. The monoisotopic (exact) mass is 363 g/mol. The van der Waals surface area contributed by atoms with Crippen LogP contribution in [0, 0.1) is 0 Å². The molecular weight excluding hydrogens is 351 g/mol. The van der Waals surface area contributed by atoms with Gasteiger partial charge in [-0.2, -0.15) is 18.3 Å². The number of hydrogen-bond donors (Lipinski definition) is 1. The number of fused-ring (bicyclic) bond motifs is 1. The Kier molecular flexibility index (Phi) is 3.72. The van der Waals surface area contributed by atoms with Crippen LogP contribution in [0.25, 0.3) is 10.9 Å². The van der Waals surface area contributed by atoms with Crippen LogP contribution in [-0.4, -0.2) is 21.9 Å². The summed E-state index contributed by atoms with van der Waals surface area (Å²) in [4.78, 5) is 13.9. The van der Waals surface area contributed by atoms with Crippen molar-refractivity contribution in [1.29, 1.82) is 0 Å². The highest BCUT2D eigenvalue weighted by atomic mass is 32.2. The lowest BCUT2D eigenvalue weighted by Gasteiger charge is -2.25. The predicted octanol–water partition coefficient (Wildman–Crippen LogP) is 4.36. The molecule has 1 saturated heterocycles. The number of carbonyl (C=O) groups excluding carboxylic acids is 1. The maximum absolute atomic E-state index is 13.0. The molecule has 2 aromatic carbocycles. The maximum atomic E-state index is 13.0. The minimum Gasteiger partial charge on any atom is -0.295 e. The van der Waals surface area contributed by atoms with Gasteiger partial charge in [0.25, 0.3) is 0 Å². The third-order valence-corrected chi connectivity index (χ3v) is 5.28. The lowest BCUT2D eigenvalue weighted by molar-refractivity contribution is -0.137. The number of rotatable bonds is 2. The molecule has 0 bridgehead atoms. The molecule has 0 radical (unpaired) electrons. The Labute approximate surface area is 145 Å². The highest BCUT2D eigenvalue weighted by Gasteiger charge is 2.36. The number of H-pyrrole nitrogens is 1. The molecule has 2 heterocycles. The van der Waals surface area contributed by atoms with Gasteiger partial charge in [0, 0.05) is 11.1 Å². The van der Waals surface area contributed by atoms with E-state index in [2.05, 4.69) is 10.2 Å². The van der Waals surface area contributed by atoms with Gasteiger partial charge in [-0.05, 0) is 35.9 Å². The van der Waals surface area contributed by atoms with E-state index in [-0.39, 0.29) is 11.7 Å². The average Bonchev–Trinajstić information content (AvgIpc) is 3.19. The molecule has 1 N–H and O–H groups in total. The van der Waals surface area contributed by atoms with E-state index in [4.69, 9.17) is 0 Å². The molecule has 0 aliphatic carbocycles. The Morgan fingerprint density at radius 1 is 1.20 bits per heavy atom. The van der Waals surface area contributed by atoms with Gasteiger partial charge < -0.3 is 0 Å². The fourth-order valence-corrected chi connectivity index (χ4v) is 4.07. The standard InChI is InChI=1S/C17H12F3N3OS/c18-17(19,20)12-3-1-2-10(6-12)16-23(15(24)9-25-16)13-4-5-14-11(7-13)8-21-22-14/h1-8,16H,9H2,(H,21,22). The number of nitrogens with one attached hydrogen (secondary N) is 1. The van der Waals surface area contributed by atoms with E-state index >= 15 is 0 Å². The molecule has 8 heteroatoms. The van der Waals surface area contributed by atoms with Crippen LogP contribution in [0.4, 0.5) is 18.9 Å². The number of aromatic amines is 1. The van der Waals surface area contributed by atoms with Gasteiger partial charge in [-0.25, -0.2) is 0 Å². The van der Waals surface area contributed by atoms with E-state index in [9.17, 15) is 18.0 Å². The van der Waals surface area contributed by atoms with Gasteiger partial charge in [0.1, 0.15) is 5.37 Å². The molecule has 1 aliphatic heterocycles. The molecule has 25 heavy (non-hydrogen) atoms. The molecule has 4 rings (SSSR count). The van der Waals surface area contributed by atoms with E-state index < -0.39 is 17.1 Å². The molecule has 1 unspecified atom stereocenters. The molecule has 1 fully saturated rings. The fourth-order valence-electron chi connectivity index (χ4n) is 2.90. The van der Waals surface area contributed by atoms with Gasteiger partial charge in [-0.3, -0.25) is 14.8 Å². The van der Waals surface area contributed by atoms with Crippen molar-refractivity contribution in [2.75, 3.05) is 10.7 Å². The fraction of sp³-hybridized carbons (Fsp3) is 0.176. The summed E-state index contributed by atoms with van der Waals surface area (Å²) in [7, 11) is 0. The van der Waals surface area contributed by atoms with Crippen LogP contribution in [0.1, 0.15) is 16.5 Å². The Hall–Kier alpha value is -2.48. The van der Waals surface area contributed by atoms with Gasteiger partial charge >= 0.3 is 6.18 Å². The van der Waals surface area contributed by atoms with Crippen molar-refractivity contribution in [3.05, 3.63) is 59.8 Å².